The molecule has 16 rings (SSSR count). The SMILES string of the molecule is CC1CN(c2ncccc2C(=O)NS(=O)(=O)c2cccc(NCc3cccc(C(F)(F)F)n3)n2)C(C)(C)C1.CCOc1cc(-c2ccc(C(=O)NS(=O)(=O)c3cccc(N)n3)c(N3C[C@@H](C)CC3(C)C)n2)cc(C)n1.C[C@@H]1CN(c2nc(-c3ccc(Cl)cc3)ccc2C(=O)NS(=O)(=O)c2cccnc2N)C(C)(C)C1.C[C@@H]1CN(c2nc(-c3cccc(OC(F)(F)F)c3)ccc2C(=O)NS(=O)(=O)c2cccc(N)n2)C(C)(C)C1. The van der Waals surface area contributed by atoms with Gasteiger partial charge in [-0.1, -0.05) is 87.8 Å². The minimum atomic E-state index is -4.86. The second-order valence-electron chi connectivity index (χ2n) is 38.5. The number of rotatable bonds is 25. The zero-order valence-electron chi connectivity index (χ0n) is 82.5. The highest BCUT2D eigenvalue weighted by atomic mass is 35.5. The van der Waals surface area contributed by atoms with Gasteiger partial charge in [0.1, 0.15) is 62.9 Å². The molecule has 778 valence electrons. The van der Waals surface area contributed by atoms with Crippen molar-refractivity contribution in [1.82, 2.24) is 68.7 Å². The summed E-state index contributed by atoms with van der Waals surface area (Å²) in [4.78, 5) is 103. The fourth-order valence-corrected chi connectivity index (χ4v) is 22.4. The Hall–Kier alpha value is -14.5. The molecule has 0 bridgehead atoms. The van der Waals surface area contributed by atoms with Gasteiger partial charge in [0.2, 0.25) is 5.88 Å². The van der Waals surface area contributed by atoms with Crippen LogP contribution in [-0.2, 0) is 52.8 Å². The number of nitrogen functional groups attached to an aromatic ring is 3. The summed E-state index contributed by atoms with van der Waals surface area (Å²) in [6, 6.07) is 47.2. The van der Waals surface area contributed by atoms with E-state index >= 15 is 0 Å². The number of hydrogen-bond donors (Lipinski definition) is 8. The highest BCUT2D eigenvalue weighted by molar-refractivity contribution is 7.91. The van der Waals surface area contributed by atoms with Crippen molar-refractivity contribution in [3.8, 4) is 45.4 Å². The molecule has 36 nitrogen and oxygen atoms in total. The molecule has 2 aromatic carbocycles. The lowest BCUT2D eigenvalue weighted by Crippen LogP contribution is -2.41. The van der Waals surface area contributed by atoms with Crippen molar-refractivity contribution >= 4 is 122 Å². The molecule has 4 atom stereocenters. The van der Waals surface area contributed by atoms with Crippen LogP contribution in [0.4, 0.5) is 72.9 Å². The maximum atomic E-state index is 13.4. The molecular formula is C100H111ClF6N22O14S4. The maximum absolute atomic E-state index is 13.4. The van der Waals surface area contributed by atoms with E-state index in [1.54, 1.807) is 60.8 Å². The van der Waals surface area contributed by atoms with Crippen LogP contribution in [0.15, 0.2) is 226 Å². The third-order valence-corrected chi connectivity index (χ3v) is 29.6. The molecule has 11 N–H and O–H groups in total. The zero-order chi connectivity index (χ0) is 107. The van der Waals surface area contributed by atoms with Crippen molar-refractivity contribution in [1.29, 1.82) is 0 Å². The second kappa shape index (κ2) is 43.6. The Kier molecular flexibility index (Phi) is 32.6. The van der Waals surface area contributed by atoms with Crippen LogP contribution in [0.5, 0.6) is 11.6 Å². The van der Waals surface area contributed by atoms with Gasteiger partial charge < -0.3 is 51.6 Å². The largest absolute Gasteiger partial charge is 0.573 e. The monoisotopic (exact) mass is 2120 g/mol. The summed E-state index contributed by atoms with van der Waals surface area (Å²) in [5.41, 5.74) is 19.4. The van der Waals surface area contributed by atoms with E-state index in [9.17, 15) is 79.2 Å². The number of ether oxygens (including phenoxy) is 2. The van der Waals surface area contributed by atoms with Gasteiger partial charge in [-0.2, -0.15) is 38.4 Å². The first kappa shape index (κ1) is 110. The number of nitrogens with one attached hydrogen (secondary N) is 5. The van der Waals surface area contributed by atoms with Gasteiger partial charge in [-0.15, -0.1) is 13.2 Å². The lowest BCUT2D eigenvalue weighted by atomic mass is 9.97. The summed E-state index contributed by atoms with van der Waals surface area (Å²) < 4.78 is 198. The maximum Gasteiger partial charge on any atom is 0.573 e. The predicted molar refractivity (Wildman–Crippen MR) is 545 cm³/mol. The Bertz CT molecular complexity index is 7450. The lowest BCUT2D eigenvalue weighted by molar-refractivity contribution is -0.274. The molecule has 0 saturated carbocycles. The van der Waals surface area contributed by atoms with Gasteiger partial charge >= 0.3 is 12.5 Å². The number of sulfonamides is 4. The van der Waals surface area contributed by atoms with Crippen LogP contribution in [-0.4, -0.2) is 168 Å². The summed E-state index contributed by atoms with van der Waals surface area (Å²) >= 11 is 6.03. The molecule has 4 saturated heterocycles. The van der Waals surface area contributed by atoms with Crippen LogP contribution in [0.25, 0.3) is 33.8 Å². The van der Waals surface area contributed by atoms with E-state index in [4.69, 9.17) is 43.5 Å². The minimum absolute atomic E-state index is 0.0221. The molecule has 47 heteroatoms. The molecule has 0 spiro atoms. The van der Waals surface area contributed by atoms with Crippen molar-refractivity contribution in [3.05, 3.63) is 251 Å². The smallest absolute Gasteiger partial charge is 0.478 e. The predicted octanol–water partition coefficient (Wildman–Crippen LogP) is 16.3. The molecule has 14 heterocycles. The number of alkyl halides is 6. The molecule has 4 aliphatic rings. The number of benzene rings is 2. The van der Waals surface area contributed by atoms with Crippen LogP contribution in [0.3, 0.4) is 0 Å². The average molecular weight is 2120 g/mol. The molecule has 0 aliphatic carbocycles. The van der Waals surface area contributed by atoms with Crippen LogP contribution >= 0.6 is 11.6 Å². The fraction of sp³-hybridized carbons (Fsp3) is 0.340. The number of carbonyl (C=O) groups excluding carboxylic acids is 4. The highest BCUT2D eigenvalue weighted by Gasteiger charge is 2.45. The molecule has 12 aromatic rings. The molecule has 147 heavy (non-hydrogen) atoms. The summed E-state index contributed by atoms with van der Waals surface area (Å²) in [5, 5.41) is 2.17. The molecule has 4 aliphatic heterocycles. The number of aromatic nitrogens is 10. The minimum Gasteiger partial charge on any atom is -0.478 e. The molecule has 4 amide bonds. The molecular weight excluding hydrogens is 2010 g/mol. The van der Waals surface area contributed by atoms with E-state index < -0.39 is 103 Å². The van der Waals surface area contributed by atoms with E-state index in [1.165, 1.54) is 121 Å². The fourth-order valence-electron chi connectivity index (χ4n) is 18.4. The molecule has 1 unspecified atom stereocenters. The van der Waals surface area contributed by atoms with Gasteiger partial charge in [-0.3, -0.25) is 19.2 Å². The van der Waals surface area contributed by atoms with Gasteiger partial charge in [-0.05, 0) is 258 Å². The van der Waals surface area contributed by atoms with E-state index in [1.807, 2.05) is 81.2 Å². The van der Waals surface area contributed by atoms with E-state index in [0.29, 0.717) is 95.8 Å². The van der Waals surface area contributed by atoms with Crippen LogP contribution in [0.2, 0.25) is 5.02 Å². The number of hydrogen-bond acceptors (Lipinski definition) is 32. The highest BCUT2D eigenvalue weighted by Crippen LogP contribution is 2.45. The quantitative estimate of drug-likeness (QED) is 0.0246. The Morgan fingerprint density at radius 2 is 0.837 bits per heavy atom. The number of nitrogens with zero attached hydrogens (tertiary/aromatic N) is 14. The van der Waals surface area contributed by atoms with Crippen LogP contribution in [0, 0.1) is 30.6 Å². The van der Waals surface area contributed by atoms with E-state index in [-0.39, 0.29) is 102 Å². The Balaban J connectivity index is 0.000000164. The summed E-state index contributed by atoms with van der Waals surface area (Å²) in [6.45, 7) is 31.5. The number of anilines is 8. The van der Waals surface area contributed by atoms with Crippen molar-refractivity contribution in [2.45, 2.75) is 184 Å². The van der Waals surface area contributed by atoms with Crippen molar-refractivity contribution in [2.75, 3.05) is 74.9 Å². The number of halogens is 7. The van der Waals surface area contributed by atoms with Gasteiger partial charge in [0.05, 0.1) is 58.2 Å². The van der Waals surface area contributed by atoms with E-state index in [2.05, 4.69) is 122 Å². The van der Waals surface area contributed by atoms with Gasteiger partial charge in [0.15, 0.2) is 15.1 Å². The van der Waals surface area contributed by atoms with Crippen molar-refractivity contribution in [2.24, 2.45) is 23.7 Å². The van der Waals surface area contributed by atoms with Crippen LogP contribution < -0.4 is 70.5 Å². The summed E-state index contributed by atoms with van der Waals surface area (Å²) in [5.74, 6) is -0.617. The van der Waals surface area contributed by atoms with Crippen molar-refractivity contribution in [3.63, 3.8) is 0 Å². The molecule has 0 radical (unpaired) electrons. The molecule has 10 aromatic heterocycles. The first-order chi connectivity index (χ1) is 68.8. The average Bonchev–Trinajstić information content (AvgIpc) is 1.70. The summed E-state index contributed by atoms with van der Waals surface area (Å²) in [7, 11) is -17.2. The number of aryl methyl sites for hydroxylation is 1. The Morgan fingerprint density at radius 3 is 1.27 bits per heavy atom. The van der Waals surface area contributed by atoms with E-state index in [0.717, 1.165) is 48.6 Å². The summed E-state index contributed by atoms with van der Waals surface area (Å²) in [6.07, 6.45) is -3.04. The van der Waals surface area contributed by atoms with Gasteiger partial charge in [0, 0.05) is 94.2 Å². The van der Waals surface area contributed by atoms with Crippen LogP contribution in [0.1, 0.15) is 174 Å². The number of nitrogens with two attached hydrogens (primary N) is 3. The van der Waals surface area contributed by atoms with Crippen molar-refractivity contribution < 1.29 is 88.7 Å². The topological polar surface area (TPSA) is 503 Å². The zero-order valence-corrected chi connectivity index (χ0v) is 86.5. The number of carbonyl (C=O) groups is 4. The molecule has 4 fully saturated rings. The number of amides is 4. The third-order valence-electron chi connectivity index (χ3n) is 24.3. The number of pyridine rings is 10. The Labute approximate surface area is 852 Å². The van der Waals surface area contributed by atoms with Gasteiger partial charge in [-0.25, -0.2) is 77.1 Å². The third kappa shape index (κ3) is 27.1. The standard InChI is InChI=1S/C26H32N6O4S.C25H27F3N6O3S.C25H26F3N5O4S.C24H26ClN5O3S/c1-6-36-22-13-18(12-17(3)28-22)20-11-10-19(24(29-20)32-15-16(2)14-26(32,4)5)25(33)31-37(34,35)23-9-7-8-21(27)30-23;1-16-13-24(2,3)34(15-16)22-18(8-6-12-29-22)23(35)33-38(36,37)21-11-5-10-20(32-21)30-14-17-7-4-9-19(31-17)25(26,27)28;1-15-13-24(2,3)33(14-15)22-18(23(34)32-38(35,36)21-9-5-8-20(29)31-21)10-11-19(30-22)16-6-4-7-17(12-16)37-25(26,27)28;1-15-13-24(2,3)30(14-15)22-18(10-11-19(28-22)16-6-8-17(25)9-7-16)23(31)29-34(32,33)20-5-4-12-27-21(20)26/h7-13,16H,6,14-15H2,1-5H3,(H2,27,30)(H,31,33);4-12,16H,13-15H2,1-3H3,(H,30,32)(H,33,35);4-12,15H,13-14H2,1-3H3,(H2,29,31)(H,32,34);4-12,15H,13-14H2,1-3H3,(H2,26,27)(H,29,31)/t16-;;2*15-/m0.00/s1. The second-order valence-corrected chi connectivity index (χ2v) is 45.5. The lowest BCUT2D eigenvalue weighted by Gasteiger charge is -2.34. The first-order valence-corrected chi connectivity index (χ1v) is 52.6. The Morgan fingerprint density at radius 1 is 0.429 bits per heavy atom. The van der Waals surface area contributed by atoms with Gasteiger partial charge in [0.25, 0.3) is 63.7 Å². The first-order valence-electron chi connectivity index (χ1n) is 46.3. The normalized spacial score (nSPS) is 17.3.